The molecule has 0 amide bonds. The molecule has 0 aliphatic carbocycles. The van der Waals surface area contributed by atoms with Crippen molar-refractivity contribution in [1.82, 2.24) is 14.6 Å². The molecule has 0 saturated carbocycles. The maximum absolute atomic E-state index is 13.5. The minimum absolute atomic E-state index is 0.287. The number of fused-ring (bicyclic) bond motifs is 3. The summed E-state index contributed by atoms with van der Waals surface area (Å²) in [7, 11) is 0. The van der Waals surface area contributed by atoms with Gasteiger partial charge in [0.2, 0.25) is 0 Å². The molecule has 3 aromatic carbocycles. The number of imidazole rings is 1. The quantitative estimate of drug-likeness (QED) is 0.379. The van der Waals surface area contributed by atoms with Crippen LogP contribution in [0.2, 0.25) is 5.15 Å². The fourth-order valence-corrected chi connectivity index (χ4v) is 3.59. The van der Waals surface area contributed by atoms with Crippen LogP contribution in [0.3, 0.4) is 0 Å². The maximum atomic E-state index is 13.5. The van der Waals surface area contributed by atoms with Crippen molar-refractivity contribution in [2.24, 2.45) is 0 Å². The molecule has 0 aliphatic heterocycles. The van der Waals surface area contributed by atoms with E-state index in [-0.39, 0.29) is 5.82 Å². The Balaban J connectivity index is 1.94. The average molecular weight is 374 g/mol. The first-order valence-electron chi connectivity index (χ1n) is 8.51. The molecule has 0 saturated heterocycles. The normalized spacial score (nSPS) is 11.3. The largest absolute Gasteiger partial charge is 0.226 e. The second-order valence-electron chi connectivity index (χ2n) is 6.25. The summed E-state index contributed by atoms with van der Waals surface area (Å²) in [6.07, 6.45) is 0. The lowest BCUT2D eigenvalue weighted by Crippen LogP contribution is -1.97. The summed E-state index contributed by atoms with van der Waals surface area (Å²) in [5.74, 6) is -0.287. The number of benzene rings is 3. The van der Waals surface area contributed by atoms with E-state index in [0.717, 1.165) is 33.3 Å². The number of aromatic nitrogens is 3. The molecule has 130 valence electrons. The molecule has 0 fully saturated rings. The zero-order chi connectivity index (χ0) is 18.4. The summed E-state index contributed by atoms with van der Waals surface area (Å²) in [4.78, 5) is 4.90. The number of hydrogen-bond donors (Lipinski definition) is 0. The van der Waals surface area contributed by atoms with Gasteiger partial charge in [0.1, 0.15) is 11.5 Å². The molecule has 0 unspecified atom stereocenters. The van der Waals surface area contributed by atoms with Gasteiger partial charge in [0, 0.05) is 21.9 Å². The number of hydrogen-bond acceptors (Lipinski definition) is 2. The summed E-state index contributed by atoms with van der Waals surface area (Å²) in [5.41, 5.74) is 4.06. The zero-order valence-corrected chi connectivity index (χ0v) is 14.9. The molecule has 0 radical (unpaired) electrons. The third-order valence-corrected chi connectivity index (χ3v) is 4.88. The van der Waals surface area contributed by atoms with Crippen LogP contribution in [0.5, 0.6) is 0 Å². The minimum Gasteiger partial charge on any atom is -0.226 e. The Morgan fingerprint density at radius 3 is 2.15 bits per heavy atom. The van der Waals surface area contributed by atoms with Gasteiger partial charge in [-0.15, -0.1) is 0 Å². The Morgan fingerprint density at radius 2 is 1.41 bits per heavy atom. The average Bonchev–Trinajstić information content (AvgIpc) is 3.09. The van der Waals surface area contributed by atoms with Crippen LogP contribution in [-0.2, 0) is 0 Å². The molecular weight excluding hydrogens is 361 g/mol. The number of rotatable bonds is 2. The lowest BCUT2D eigenvalue weighted by atomic mass is 10.1. The Kier molecular flexibility index (Phi) is 3.66. The monoisotopic (exact) mass is 373 g/mol. The van der Waals surface area contributed by atoms with Gasteiger partial charge in [-0.2, -0.15) is 5.10 Å². The van der Waals surface area contributed by atoms with Gasteiger partial charge in [-0.1, -0.05) is 66.2 Å². The van der Waals surface area contributed by atoms with Gasteiger partial charge in [-0.3, -0.25) is 0 Å². The van der Waals surface area contributed by atoms with Crippen LogP contribution in [0.4, 0.5) is 4.39 Å². The van der Waals surface area contributed by atoms with Crippen molar-refractivity contribution in [3.63, 3.8) is 0 Å². The highest BCUT2D eigenvalue weighted by atomic mass is 35.5. The van der Waals surface area contributed by atoms with E-state index in [9.17, 15) is 4.39 Å². The smallest absolute Gasteiger partial charge is 0.162 e. The molecule has 0 spiro atoms. The van der Waals surface area contributed by atoms with E-state index in [1.807, 2.05) is 54.6 Å². The topological polar surface area (TPSA) is 30.2 Å². The standard InChI is InChI=1S/C22H13ClFN3/c23-21-17-8-4-5-9-18(17)22-25-19(14-6-2-1-3-7-14)20(27(22)26-21)15-10-12-16(24)13-11-15/h1-13H. The van der Waals surface area contributed by atoms with E-state index in [4.69, 9.17) is 16.6 Å². The van der Waals surface area contributed by atoms with Crippen LogP contribution in [0.15, 0.2) is 78.9 Å². The zero-order valence-electron chi connectivity index (χ0n) is 14.1. The summed E-state index contributed by atoms with van der Waals surface area (Å²) in [6.45, 7) is 0. The van der Waals surface area contributed by atoms with Crippen LogP contribution >= 0.6 is 11.6 Å². The van der Waals surface area contributed by atoms with Gasteiger partial charge >= 0.3 is 0 Å². The highest BCUT2D eigenvalue weighted by Gasteiger charge is 2.19. The van der Waals surface area contributed by atoms with Crippen molar-refractivity contribution in [3.05, 3.63) is 89.8 Å². The Morgan fingerprint density at radius 1 is 0.741 bits per heavy atom. The molecular formula is C22H13ClFN3. The molecule has 3 nitrogen and oxygen atoms in total. The second kappa shape index (κ2) is 6.18. The van der Waals surface area contributed by atoms with E-state index >= 15 is 0 Å². The van der Waals surface area contributed by atoms with Crippen LogP contribution < -0.4 is 0 Å². The molecule has 0 atom stereocenters. The van der Waals surface area contributed by atoms with E-state index < -0.39 is 0 Å². The van der Waals surface area contributed by atoms with Gasteiger partial charge < -0.3 is 0 Å². The predicted molar refractivity (Wildman–Crippen MR) is 106 cm³/mol. The van der Waals surface area contributed by atoms with Crippen molar-refractivity contribution in [2.45, 2.75) is 0 Å². The fourth-order valence-electron chi connectivity index (χ4n) is 3.35. The summed E-state index contributed by atoms with van der Waals surface area (Å²) < 4.78 is 15.2. The van der Waals surface area contributed by atoms with Crippen molar-refractivity contribution in [1.29, 1.82) is 0 Å². The molecule has 27 heavy (non-hydrogen) atoms. The molecule has 2 heterocycles. The third-order valence-electron chi connectivity index (χ3n) is 4.60. The molecule has 2 aromatic heterocycles. The van der Waals surface area contributed by atoms with Crippen LogP contribution in [0.1, 0.15) is 0 Å². The van der Waals surface area contributed by atoms with Gasteiger partial charge in [-0.05, 0) is 24.3 Å². The second-order valence-corrected chi connectivity index (χ2v) is 6.61. The predicted octanol–water partition coefficient (Wildman–Crippen LogP) is 6.01. The van der Waals surface area contributed by atoms with Gasteiger partial charge in [0.25, 0.3) is 0 Å². The van der Waals surface area contributed by atoms with Crippen LogP contribution in [-0.4, -0.2) is 14.6 Å². The Labute approximate surface area is 159 Å². The summed E-state index contributed by atoms with van der Waals surface area (Å²) in [5, 5.41) is 6.74. The van der Waals surface area contributed by atoms with Gasteiger partial charge in [-0.25, -0.2) is 13.9 Å². The van der Waals surface area contributed by atoms with Crippen molar-refractivity contribution < 1.29 is 4.39 Å². The van der Waals surface area contributed by atoms with E-state index in [1.54, 1.807) is 16.6 Å². The first-order chi connectivity index (χ1) is 13.2. The Hall–Kier alpha value is -3.24. The SMILES string of the molecule is Fc1ccc(-c2c(-c3ccccc3)nc3c4ccccc4c(Cl)nn23)cc1. The van der Waals surface area contributed by atoms with E-state index in [2.05, 4.69) is 5.10 Å². The lowest BCUT2D eigenvalue weighted by molar-refractivity contribution is 0.628. The minimum atomic E-state index is -0.287. The molecule has 0 aliphatic rings. The molecule has 5 heteroatoms. The highest BCUT2D eigenvalue weighted by molar-refractivity contribution is 6.34. The van der Waals surface area contributed by atoms with Crippen LogP contribution in [0, 0.1) is 5.82 Å². The number of nitrogens with zero attached hydrogens (tertiary/aromatic N) is 3. The van der Waals surface area contributed by atoms with Crippen molar-refractivity contribution >= 4 is 28.0 Å². The molecule has 5 aromatic rings. The Bertz CT molecular complexity index is 1280. The van der Waals surface area contributed by atoms with E-state index in [1.165, 1.54) is 12.1 Å². The first-order valence-corrected chi connectivity index (χ1v) is 8.88. The third kappa shape index (κ3) is 2.57. The number of halogens is 2. The highest BCUT2D eigenvalue weighted by Crippen LogP contribution is 2.35. The summed E-state index contributed by atoms with van der Waals surface area (Å²) in [6, 6.07) is 24.0. The van der Waals surface area contributed by atoms with Gasteiger partial charge in [0.15, 0.2) is 10.8 Å². The molecule has 0 N–H and O–H groups in total. The van der Waals surface area contributed by atoms with Crippen molar-refractivity contribution in [2.75, 3.05) is 0 Å². The molecule has 0 bridgehead atoms. The maximum Gasteiger partial charge on any atom is 0.162 e. The van der Waals surface area contributed by atoms with Crippen molar-refractivity contribution in [3.8, 4) is 22.5 Å². The first kappa shape index (κ1) is 16.0. The van der Waals surface area contributed by atoms with E-state index in [0.29, 0.717) is 10.8 Å². The summed E-state index contributed by atoms with van der Waals surface area (Å²) >= 11 is 6.46. The molecule has 5 rings (SSSR count). The lowest BCUT2D eigenvalue weighted by Gasteiger charge is -2.07. The van der Waals surface area contributed by atoms with Crippen LogP contribution in [0.25, 0.3) is 38.9 Å². The fraction of sp³-hybridized carbons (Fsp3) is 0. The van der Waals surface area contributed by atoms with Gasteiger partial charge in [0.05, 0.1) is 5.69 Å².